The van der Waals surface area contributed by atoms with Crippen LogP contribution in [-0.2, 0) is 11.2 Å². The van der Waals surface area contributed by atoms with Crippen molar-refractivity contribution in [3.8, 4) is 0 Å². The Kier molecular flexibility index (Phi) is 5.00. The van der Waals surface area contributed by atoms with Crippen molar-refractivity contribution >= 4 is 28.3 Å². The van der Waals surface area contributed by atoms with Crippen LogP contribution in [0.2, 0.25) is 0 Å². The normalized spacial score (nSPS) is 14.4. The number of nitrogens with one attached hydrogen (secondary N) is 1. The van der Waals surface area contributed by atoms with E-state index in [1.54, 1.807) is 11.8 Å². The van der Waals surface area contributed by atoms with Crippen molar-refractivity contribution in [2.45, 2.75) is 33.1 Å². The van der Waals surface area contributed by atoms with Gasteiger partial charge in [0.25, 0.3) is 0 Å². The smallest absolute Gasteiger partial charge is 0.341 e. The van der Waals surface area contributed by atoms with E-state index in [1.807, 2.05) is 13.0 Å². The summed E-state index contributed by atoms with van der Waals surface area (Å²) >= 11 is 1.44. The van der Waals surface area contributed by atoms with Crippen LogP contribution >= 0.6 is 11.3 Å². The third kappa shape index (κ3) is 3.30. The molecule has 0 atom stereocenters. The van der Waals surface area contributed by atoms with E-state index in [1.165, 1.54) is 11.3 Å². The monoisotopic (exact) mass is 296 g/mol. The molecule has 1 fully saturated rings. The van der Waals surface area contributed by atoms with Crippen LogP contribution in [0.1, 0.15) is 41.9 Å². The second-order valence-electron chi connectivity index (χ2n) is 4.65. The van der Waals surface area contributed by atoms with Gasteiger partial charge >= 0.3 is 12.0 Å². The molecule has 1 aromatic rings. The maximum Gasteiger partial charge on any atom is 0.341 e. The first-order chi connectivity index (χ1) is 9.65. The Morgan fingerprint density at radius 3 is 2.65 bits per heavy atom. The Morgan fingerprint density at radius 2 is 2.05 bits per heavy atom. The van der Waals surface area contributed by atoms with Gasteiger partial charge in [-0.25, -0.2) is 9.59 Å². The zero-order chi connectivity index (χ0) is 14.5. The average Bonchev–Trinajstić information content (AvgIpc) is 3.08. The van der Waals surface area contributed by atoms with Gasteiger partial charge in [-0.15, -0.1) is 11.3 Å². The lowest BCUT2D eigenvalue weighted by atomic mass is 10.2. The maximum atomic E-state index is 12.1. The van der Waals surface area contributed by atoms with Crippen LogP contribution in [0.5, 0.6) is 0 Å². The largest absolute Gasteiger partial charge is 0.462 e. The predicted octanol–water partition coefficient (Wildman–Crippen LogP) is 3.11. The zero-order valence-electron chi connectivity index (χ0n) is 11.9. The number of carbonyl (C=O) groups is 2. The summed E-state index contributed by atoms with van der Waals surface area (Å²) in [5, 5.41) is 3.45. The van der Waals surface area contributed by atoms with E-state index in [2.05, 4.69) is 5.32 Å². The predicted molar refractivity (Wildman–Crippen MR) is 79.5 cm³/mol. The first-order valence-electron chi connectivity index (χ1n) is 7.01. The fraction of sp³-hybridized carbons (Fsp3) is 0.571. The van der Waals surface area contributed by atoms with Crippen LogP contribution in [0.3, 0.4) is 0 Å². The van der Waals surface area contributed by atoms with Gasteiger partial charge in [0.15, 0.2) is 0 Å². The Labute approximate surface area is 122 Å². The molecule has 0 unspecified atom stereocenters. The Bertz CT molecular complexity index is 493. The SMILES string of the molecule is CCOC(=O)c1cc(CC)sc1NC(=O)N1CCCC1. The van der Waals surface area contributed by atoms with Crippen LogP contribution in [0, 0.1) is 0 Å². The van der Waals surface area contributed by atoms with Crippen LogP contribution in [0.25, 0.3) is 0 Å². The van der Waals surface area contributed by atoms with Gasteiger partial charge in [-0.2, -0.15) is 0 Å². The highest BCUT2D eigenvalue weighted by atomic mass is 32.1. The summed E-state index contributed by atoms with van der Waals surface area (Å²) in [6.45, 7) is 5.69. The van der Waals surface area contributed by atoms with E-state index in [0.717, 1.165) is 37.2 Å². The number of thiophene rings is 1. The van der Waals surface area contributed by atoms with E-state index in [0.29, 0.717) is 17.2 Å². The molecular formula is C14H20N2O3S. The molecule has 0 spiro atoms. The van der Waals surface area contributed by atoms with Gasteiger partial charge in [0, 0.05) is 18.0 Å². The van der Waals surface area contributed by atoms with E-state index in [-0.39, 0.29) is 12.0 Å². The molecule has 1 aromatic heterocycles. The first-order valence-corrected chi connectivity index (χ1v) is 7.83. The molecule has 1 saturated heterocycles. The number of anilines is 1. The first kappa shape index (κ1) is 14.8. The van der Waals surface area contributed by atoms with Crippen LogP contribution in [-0.4, -0.2) is 36.6 Å². The minimum atomic E-state index is -0.375. The lowest BCUT2D eigenvalue weighted by Gasteiger charge is -2.15. The molecule has 2 amide bonds. The Morgan fingerprint density at radius 1 is 1.35 bits per heavy atom. The molecule has 6 heteroatoms. The number of amides is 2. The van der Waals surface area contributed by atoms with E-state index in [4.69, 9.17) is 4.74 Å². The summed E-state index contributed by atoms with van der Waals surface area (Å²) in [7, 11) is 0. The standard InChI is InChI=1S/C14H20N2O3S/c1-3-10-9-11(13(17)19-4-2)12(20-10)15-14(18)16-7-5-6-8-16/h9H,3-8H2,1-2H3,(H,15,18). The van der Waals surface area contributed by atoms with E-state index < -0.39 is 0 Å². The Balaban J connectivity index is 2.14. The highest BCUT2D eigenvalue weighted by molar-refractivity contribution is 7.16. The third-order valence-corrected chi connectivity index (χ3v) is 4.44. The number of hydrogen-bond acceptors (Lipinski definition) is 4. The molecule has 0 aliphatic carbocycles. The minimum Gasteiger partial charge on any atom is -0.462 e. The van der Waals surface area contributed by atoms with Crippen molar-refractivity contribution in [3.63, 3.8) is 0 Å². The van der Waals surface area contributed by atoms with Gasteiger partial charge < -0.3 is 9.64 Å². The highest BCUT2D eigenvalue weighted by Crippen LogP contribution is 2.29. The lowest BCUT2D eigenvalue weighted by molar-refractivity contribution is 0.0528. The van der Waals surface area contributed by atoms with Crippen molar-refractivity contribution in [1.82, 2.24) is 4.90 Å². The number of esters is 1. The van der Waals surface area contributed by atoms with Gasteiger partial charge in [-0.1, -0.05) is 6.92 Å². The Hall–Kier alpha value is -1.56. The van der Waals surface area contributed by atoms with Crippen molar-refractivity contribution in [1.29, 1.82) is 0 Å². The topological polar surface area (TPSA) is 58.6 Å². The van der Waals surface area contributed by atoms with Gasteiger partial charge in [-0.3, -0.25) is 5.32 Å². The molecular weight excluding hydrogens is 276 g/mol. The van der Waals surface area contributed by atoms with Crippen molar-refractivity contribution in [2.24, 2.45) is 0 Å². The fourth-order valence-electron chi connectivity index (χ4n) is 2.17. The van der Waals surface area contributed by atoms with Crippen LogP contribution in [0.4, 0.5) is 9.80 Å². The van der Waals surface area contributed by atoms with Gasteiger partial charge in [0.05, 0.1) is 12.2 Å². The van der Waals surface area contributed by atoms with E-state index in [9.17, 15) is 9.59 Å². The van der Waals surface area contributed by atoms with Crippen LogP contribution in [0.15, 0.2) is 6.07 Å². The van der Waals surface area contributed by atoms with Crippen molar-refractivity contribution in [2.75, 3.05) is 25.0 Å². The van der Waals surface area contributed by atoms with Gasteiger partial charge in [-0.05, 0) is 32.3 Å². The molecule has 0 bridgehead atoms. The summed E-state index contributed by atoms with van der Waals surface area (Å²) in [6.07, 6.45) is 2.92. The molecule has 110 valence electrons. The number of rotatable bonds is 4. The molecule has 1 aliphatic rings. The molecule has 1 aliphatic heterocycles. The number of aryl methyl sites for hydroxylation is 1. The minimum absolute atomic E-state index is 0.127. The molecule has 20 heavy (non-hydrogen) atoms. The summed E-state index contributed by atoms with van der Waals surface area (Å²) < 4.78 is 5.04. The van der Waals surface area contributed by atoms with Gasteiger partial charge in [0.2, 0.25) is 0 Å². The quantitative estimate of drug-likeness (QED) is 0.868. The summed E-state index contributed by atoms with van der Waals surface area (Å²) in [5.74, 6) is -0.375. The van der Waals surface area contributed by atoms with E-state index >= 15 is 0 Å². The number of hydrogen-bond donors (Lipinski definition) is 1. The molecule has 0 aromatic carbocycles. The maximum absolute atomic E-state index is 12.1. The number of likely N-dealkylation sites (tertiary alicyclic amines) is 1. The molecule has 2 rings (SSSR count). The molecule has 0 saturated carbocycles. The fourth-order valence-corrected chi connectivity index (χ4v) is 3.14. The summed E-state index contributed by atoms with van der Waals surface area (Å²) in [5.41, 5.74) is 0.459. The van der Waals surface area contributed by atoms with Crippen molar-refractivity contribution in [3.05, 3.63) is 16.5 Å². The second kappa shape index (κ2) is 6.74. The molecule has 0 radical (unpaired) electrons. The van der Waals surface area contributed by atoms with Crippen LogP contribution < -0.4 is 5.32 Å². The number of nitrogens with zero attached hydrogens (tertiary/aromatic N) is 1. The molecule has 1 N–H and O–H groups in total. The highest BCUT2D eigenvalue weighted by Gasteiger charge is 2.22. The average molecular weight is 296 g/mol. The number of carbonyl (C=O) groups excluding carboxylic acids is 2. The lowest BCUT2D eigenvalue weighted by Crippen LogP contribution is -2.32. The third-order valence-electron chi connectivity index (χ3n) is 3.24. The van der Waals surface area contributed by atoms with Gasteiger partial charge in [0.1, 0.15) is 5.00 Å². The number of ether oxygens (including phenoxy) is 1. The van der Waals surface area contributed by atoms with Crippen molar-refractivity contribution < 1.29 is 14.3 Å². The number of urea groups is 1. The molecule has 5 nitrogen and oxygen atoms in total. The zero-order valence-corrected chi connectivity index (χ0v) is 12.7. The summed E-state index contributed by atoms with van der Waals surface area (Å²) in [6, 6.07) is 1.68. The second-order valence-corrected chi connectivity index (χ2v) is 5.79. The summed E-state index contributed by atoms with van der Waals surface area (Å²) in [4.78, 5) is 26.9. The molecule has 2 heterocycles.